The first-order valence-electron chi connectivity index (χ1n) is 9.39. The highest BCUT2D eigenvalue weighted by Gasteiger charge is 2.56. The Bertz CT molecular complexity index is 1090. The first-order chi connectivity index (χ1) is 14.4. The maximum Gasteiger partial charge on any atom is 0.266 e. The zero-order valence-corrected chi connectivity index (χ0v) is 16.9. The van der Waals surface area contributed by atoms with E-state index in [2.05, 4.69) is 10.6 Å². The summed E-state index contributed by atoms with van der Waals surface area (Å²) in [6.45, 7) is 0. The molecule has 1 aliphatic heterocycles. The molecule has 2 atom stereocenters. The van der Waals surface area contributed by atoms with Crippen LogP contribution in [-0.2, 0) is 15.2 Å². The van der Waals surface area contributed by atoms with E-state index in [1.807, 2.05) is 12.1 Å². The first-order valence-corrected chi connectivity index (χ1v) is 9.77. The fourth-order valence-corrected chi connectivity index (χ4v) is 3.83. The molecule has 152 valence electrons. The molecule has 1 heterocycles. The van der Waals surface area contributed by atoms with E-state index >= 15 is 0 Å². The number of anilines is 3. The Kier molecular flexibility index (Phi) is 5.20. The molecule has 0 spiro atoms. The van der Waals surface area contributed by atoms with Crippen LogP contribution in [-0.4, -0.2) is 30.0 Å². The monoisotopic (exact) mass is 421 g/mol. The molecule has 3 aromatic carbocycles. The van der Waals surface area contributed by atoms with Crippen LogP contribution in [0.15, 0.2) is 78.9 Å². The highest BCUT2D eigenvalue weighted by atomic mass is 35.5. The summed E-state index contributed by atoms with van der Waals surface area (Å²) in [7, 11) is 1.55. The number of carbonyl (C=O) groups excluding carboxylic acids is 2. The molecule has 0 fully saturated rings. The van der Waals surface area contributed by atoms with Gasteiger partial charge in [0.05, 0.1) is 5.69 Å². The Balaban J connectivity index is 1.79. The Labute approximate surface area is 179 Å². The molecule has 1 aliphatic rings. The Morgan fingerprint density at radius 1 is 1.00 bits per heavy atom. The smallest absolute Gasteiger partial charge is 0.266 e. The van der Waals surface area contributed by atoms with E-state index in [0.717, 1.165) is 0 Å². The van der Waals surface area contributed by atoms with Crippen LogP contribution in [0.25, 0.3) is 0 Å². The van der Waals surface area contributed by atoms with Crippen LogP contribution >= 0.6 is 11.6 Å². The average Bonchev–Trinajstić information content (AvgIpc) is 2.95. The van der Waals surface area contributed by atoms with Crippen molar-refractivity contribution >= 4 is 40.5 Å². The average molecular weight is 422 g/mol. The molecule has 3 N–H and O–H groups in total. The summed E-state index contributed by atoms with van der Waals surface area (Å²) >= 11 is 6.09. The number of para-hydroxylation sites is 2. The molecule has 0 bridgehead atoms. The maximum atomic E-state index is 13.3. The zero-order valence-electron chi connectivity index (χ0n) is 16.2. The fraction of sp³-hybridized carbons (Fsp3) is 0.130. The summed E-state index contributed by atoms with van der Waals surface area (Å²) in [5, 5.41) is 17.9. The van der Waals surface area contributed by atoms with Crippen LogP contribution in [0, 0.1) is 0 Å². The van der Waals surface area contributed by atoms with Crippen molar-refractivity contribution in [1.82, 2.24) is 0 Å². The third-order valence-electron chi connectivity index (χ3n) is 5.17. The third kappa shape index (κ3) is 3.40. The second-order valence-electron chi connectivity index (χ2n) is 7.09. The molecule has 0 aromatic heterocycles. The number of nitrogens with zero attached hydrogens (tertiary/aromatic N) is 1. The number of likely N-dealkylation sites (N-methyl/N-ethyl adjacent to an activating group) is 1. The molecule has 4 rings (SSSR count). The fourth-order valence-electron chi connectivity index (χ4n) is 3.66. The SMILES string of the molecule is CN1C(=O)C(O)(C(Nc2ccccc2)C(=O)Nc2ccccc2)c2ccc(Cl)cc21. The van der Waals surface area contributed by atoms with Gasteiger partial charge in [-0.15, -0.1) is 0 Å². The van der Waals surface area contributed by atoms with Crippen molar-refractivity contribution in [2.45, 2.75) is 11.6 Å². The van der Waals surface area contributed by atoms with Crippen molar-refractivity contribution in [2.75, 3.05) is 22.6 Å². The van der Waals surface area contributed by atoms with Crippen LogP contribution in [0.5, 0.6) is 0 Å². The van der Waals surface area contributed by atoms with Gasteiger partial charge in [0.25, 0.3) is 11.8 Å². The summed E-state index contributed by atoms with van der Waals surface area (Å²) in [5.74, 6) is -1.16. The van der Waals surface area contributed by atoms with Crippen molar-refractivity contribution in [3.63, 3.8) is 0 Å². The van der Waals surface area contributed by atoms with Gasteiger partial charge in [-0.25, -0.2) is 0 Å². The molecule has 2 unspecified atom stereocenters. The maximum absolute atomic E-state index is 13.3. The van der Waals surface area contributed by atoms with Crippen LogP contribution in [0.1, 0.15) is 5.56 Å². The van der Waals surface area contributed by atoms with E-state index in [0.29, 0.717) is 27.6 Å². The second kappa shape index (κ2) is 7.82. The van der Waals surface area contributed by atoms with Crippen LogP contribution in [0.4, 0.5) is 17.1 Å². The highest BCUT2D eigenvalue weighted by Crippen LogP contribution is 2.43. The second-order valence-corrected chi connectivity index (χ2v) is 7.53. The summed E-state index contributed by atoms with van der Waals surface area (Å²) < 4.78 is 0. The highest BCUT2D eigenvalue weighted by molar-refractivity contribution is 6.31. The molecule has 0 radical (unpaired) electrons. The van der Waals surface area contributed by atoms with Gasteiger partial charge in [-0.3, -0.25) is 9.59 Å². The van der Waals surface area contributed by atoms with E-state index in [-0.39, 0.29) is 0 Å². The van der Waals surface area contributed by atoms with Crippen molar-refractivity contribution in [1.29, 1.82) is 0 Å². The Morgan fingerprint density at radius 3 is 2.23 bits per heavy atom. The number of aliphatic hydroxyl groups is 1. The van der Waals surface area contributed by atoms with Gasteiger partial charge in [-0.05, 0) is 36.4 Å². The number of nitrogens with one attached hydrogen (secondary N) is 2. The lowest BCUT2D eigenvalue weighted by molar-refractivity contribution is -0.142. The van der Waals surface area contributed by atoms with Gasteiger partial charge in [-0.2, -0.15) is 0 Å². The van der Waals surface area contributed by atoms with Gasteiger partial charge in [-0.1, -0.05) is 54.1 Å². The van der Waals surface area contributed by atoms with E-state index in [1.165, 1.54) is 4.90 Å². The third-order valence-corrected chi connectivity index (χ3v) is 5.40. The molecule has 6 nitrogen and oxygen atoms in total. The molecule has 2 amide bonds. The van der Waals surface area contributed by atoms with E-state index in [4.69, 9.17) is 11.6 Å². The number of carbonyl (C=O) groups is 2. The summed E-state index contributed by atoms with van der Waals surface area (Å²) in [6, 6.07) is 21.3. The molecule has 0 saturated carbocycles. The summed E-state index contributed by atoms with van der Waals surface area (Å²) in [4.78, 5) is 27.8. The van der Waals surface area contributed by atoms with Crippen LogP contribution < -0.4 is 15.5 Å². The summed E-state index contributed by atoms with van der Waals surface area (Å²) in [5.41, 5.74) is -0.194. The van der Waals surface area contributed by atoms with Gasteiger partial charge in [0.1, 0.15) is 6.04 Å². The molecular weight excluding hydrogens is 402 g/mol. The lowest BCUT2D eigenvalue weighted by atomic mass is 9.86. The van der Waals surface area contributed by atoms with E-state index in [9.17, 15) is 14.7 Å². The number of fused-ring (bicyclic) bond motifs is 1. The molecule has 30 heavy (non-hydrogen) atoms. The summed E-state index contributed by atoms with van der Waals surface area (Å²) in [6.07, 6.45) is 0. The molecule has 7 heteroatoms. The van der Waals surface area contributed by atoms with Crippen molar-refractivity contribution in [3.05, 3.63) is 89.4 Å². The van der Waals surface area contributed by atoms with Crippen molar-refractivity contribution < 1.29 is 14.7 Å². The van der Waals surface area contributed by atoms with Gasteiger partial charge in [0.2, 0.25) is 0 Å². The van der Waals surface area contributed by atoms with Crippen LogP contribution in [0.3, 0.4) is 0 Å². The predicted octanol–water partition coefficient (Wildman–Crippen LogP) is 3.62. The Hall–Kier alpha value is -3.35. The number of amides is 2. The first kappa shape index (κ1) is 19.9. The standard InChI is InChI=1S/C23H20ClN3O3/c1-27-19-14-15(24)12-13-18(19)23(30,22(27)29)20(25-16-8-4-2-5-9-16)21(28)26-17-10-6-3-7-11-17/h2-14,20,25,30H,1H3,(H,26,28). The number of hydrogen-bond donors (Lipinski definition) is 3. The molecule has 3 aromatic rings. The van der Waals surface area contributed by atoms with E-state index in [1.54, 1.807) is 73.8 Å². The number of benzene rings is 3. The molecule has 0 aliphatic carbocycles. The zero-order chi connectivity index (χ0) is 21.3. The van der Waals surface area contributed by atoms with Crippen LogP contribution in [0.2, 0.25) is 5.02 Å². The van der Waals surface area contributed by atoms with Crippen molar-refractivity contribution in [2.24, 2.45) is 0 Å². The number of hydrogen-bond acceptors (Lipinski definition) is 4. The lowest BCUT2D eigenvalue weighted by Gasteiger charge is -2.32. The van der Waals surface area contributed by atoms with Gasteiger partial charge < -0.3 is 20.6 Å². The predicted molar refractivity (Wildman–Crippen MR) is 118 cm³/mol. The van der Waals surface area contributed by atoms with Gasteiger partial charge >= 0.3 is 0 Å². The minimum absolute atomic E-state index is 0.316. The van der Waals surface area contributed by atoms with E-state index < -0.39 is 23.5 Å². The Morgan fingerprint density at radius 2 is 1.60 bits per heavy atom. The van der Waals surface area contributed by atoms with Gasteiger partial charge in [0, 0.05) is 29.0 Å². The lowest BCUT2D eigenvalue weighted by Crippen LogP contribution is -2.56. The topological polar surface area (TPSA) is 81.7 Å². The molecule has 0 saturated heterocycles. The largest absolute Gasteiger partial charge is 0.373 e. The minimum atomic E-state index is -2.12. The number of rotatable bonds is 5. The normalized spacial score (nSPS) is 18.6. The minimum Gasteiger partial charge on any atom is -0.373 e. The quantitative estimate of drug-likeness (QED) is 0.587. The van der Waals surface area contributed by atoms with Crippen molar-refractivity contribution in [3.8, 4) is 0 Å². The van der Waals surface area contributed by atoms with Gasteiger partial charge in [0.15, 0.2) is 5.60 Å². The number of halogens is 1. The molecular formula is C23H20ClN3O3.